The summed E-state index contributed by atoms with van der Waals surface area (Å²) < 4.78 is 43.4. The van der Waals surface area contributed by atoms with Gasteiger partial charge in [0.25, 0.3) is 0 Å². The van der Waals surface area contributed by atoms with Crippen LogP contribution in [0.4, 0.5) is 0 Å². The van der Waals surface area contributed by atoms with E-state index in [1.165, 1.54) is 13.3 Å². The van der Waals surface area contributed by atoms with Crippen LogP contribution in [0.1, 0.15) is 13.8 Å². The van der Waals surface area contributed by atoms with Crippen LogP contribution in [0.2, 0.25) is 0 Å². The predicted octanol–water partition coefficient (Wildman–Crippen LogP) is 5.85. The van der Waals surface area contributed by atoms with Gasteiger partial charge in [-0.1, -0.05) is 36.4 Å². The zero-order chi connectivity index (χ0) is 19.5. The monoisotopic (exact) mass is 400 g/mol. The number of para-hydroxylation sites is 2. The van der Waals surface area contributed by atoms with Crippen molar-refractivity contribution in [3.05, 3.63) is 60.7 Å². The fourth-order valence-corrected chi connectivity index (χ4v) is 3.93. The molecule has 144 valence electrons. The second kappa shape index (κ2) is 11.2. The molecule has 0 aliphatic carbocycles. The van der Waals surface area contributed by atoms with Gasteiger partial charge in [-0.05, 0) is 38.1 Å². The molecule has 0 saturated heterocycles. The highest BCUT2D eigenvalue weighted by atomic mass is 31.2. The summed E-state index contributed by atoms with van der Waals surface area (Å²) >= 11 is 0. The molecule has 0 spiro atoms. The molecule has 6 nitrogen and oxygen atoms in total. The van der Waals surface area contributed by atoms with Crippen LogP contribution in [0.15, 0.2) is 60.7 Å². The molecular formula is C18H26O6P2. The molecule has 26 heavy (non-hydrogen) atoms. The van der Waals surface area contributed by atoms with E-state index < -0.39 is 15.2 Å². The standard InChI is InChI=1S/C13H13O3P.C5H13O3P/c1-17(14,15-12-8-4-2-5-9-12)16-13-10-6-3-7-11-13;1-4-7-9(3,6)8-5-2/h2-11H,1H3;4-5H2,1-3H3. The summed E-state index contributed by atoms with van der Waals surface area (Å²) in [6, 6.07) is 18.0. The van der Waals surface area contributed by atoms with Crippen LogP contribution in [-0.2, 0) is 18.2 Å². The van der Waals surface area contributed by atoms with Crippen LogP contribution < -0.4 is 9.05 Å². The Kier molecular flexibility index (Phi) is 9.68. The molecule has 0 fully saturated rings. The van der Waals surface area contributed by atoms with Crippen molar-refractivity contribution in [1.29, 1.82) is 0 Å². The van der Waals surface area contributed by atoms with E-state index >= 15 is 0 Å². The minimum absolute atomic E-state index is 0.438. The lowest BCUT2D eigenvalue weighted by molar-refractivity contribution is 0.225. The highest BCUT2D eigenvalue weighted by molar-refractivity contribution is 7.53. The van der Waals surface area contributed by atoms with E-state index in [1.54, 1.807) is 38.1 Å². The molecule has 0 heterocycles. The van der Waals surface area contributed by atoms with Gasteiger partial charge in [-0.25, -0.2) is 4.57 Å². The minimum Gasteiger partial charge on any atom is -0.416 e. The van der Waals surface area contributed by atoms with Crippen molar-refractivity contribution in [3.8, 4) is 11.5 Å². The van der Waals surface area contributed by atoms with Crippen molar-refractivity contribution in [3.63, 3.8) is 0 Å². The van der Waals surface area contributed by atoms with Crippen LogP contribution in [0.3, 0.4) is 0 Å². The van der Waals surface area contributed by atoms with Crippen molar-refractivity contribution in [2.24, 2.45) is 0 Å². The second-order valence-corrected chi connectivity index (χ2v) is 9.15. The Hall–Kier alpha value is -1.58. The summed E-state index contributed by atoms with van der Waals surface area (Å²) in [6.45, 7) is 7.37. The molecule has 2 aromatic rings. The van der Waals surface area contributed by atoms with Gasteiger partial charge in [0.1, 0.15) is 11.5 Å². The van der Waals surface area contributed by atoms with Gasteiger partial charge in [-0.15, -0.1) is 0 Å². The SMILES string of the molecule is CCOP(C)(=O)OCC.CP(=O)(Oc1ccccc1)Oc1ccccc1. The van der Waals surface area contributed by atoms with Crippen LogP contribution >= 0.6 is 15.2 Å². The first kappa shape index (κ1) is 22.5. The maximum atomic E-state index is 12.1. The molecule has 0 amide bonds. The summed E-state index contributed by atoms with van der Waals surface area (Å²) in [5.74, 6) is 1.07. The van der Waals surface area contributed by atoms with E-state index in [9.17, 15) is 9.13 Å². The number of hydrogen-bond acceptors (Lipinski definition) is 6. The Morgan fingerprint density at radius 2 is 1.00 bits per heavy atom. The van der Waals surface area contributed by atoms with Crippen molar-refractivity contribution in [2.45, 2.75) is 13.8 Å². The first-order valence-corrected chi connectivity index (χ1v) is 12.2. The van der Waals surface area contributed by atoms with Crippen LogP contribution in [0, 0.1) is 0 Å². The van der Waals surface area contributed by atoms with E-state index in [0.29, 0.717) is 24.7 Å². The molecule has 2 aromatic carbocycles. The van der Waals surface area contributed by atoms with E-state index in [4.69, 9.17) is 18.1 Å². The Bertz CT molecular complexity index is 665. The third kappa shape index (κ3) is 9.79. The predicted molar refractivity (Wildman–Crippen MR) is 104 cm³/mol. The largest absolute Gasteiger partial charge is 0.427 e. The molecule has 8 heteroatoms. The van der Waals surface area contributed by atoms with Crippen LogP contribution in [0.25, 0.3) is 0 Å². The average molecular weight is 400 g/mol. The van der Waals surface area contributed by atoms with Crippen molar-refractivity contribution in [2.75, 3.05) is 26.5 Å². The summed E-state index contributed by atoms with van der Waals surface area (Å²) in [6.07, 6.45) is 0. The van der Waals surface area contributed by atoms with Crippen molar-refractivity contribution >= 4 is 15.2 Å². The molecule has 0 unspecified atom stereocenters. The molecule has 0 aliphatic heterocycles. The normalized spacial score (nSPS) is 11.2. The summed E-state index contributed by atoms with van der Waals surface area (Å²) in [7, 11) is -5.83. The fraction of sp³-hybridized carbons (Fsp3) is 0.333. The fourth-order valence-electron chi connectivity index (χ4n) is 1.87. The van der Waals surface area contributed by atoms with Crippen LogP contribution in [0.5, 0.6) is 11.5 Å². The highest BCUT2D eigenvalue weighted by Gasteiger charge is 2.20. The maximum Gasteiger partial charge on any atom is 0.427 e. The van der Waals surface area contributed by atoms with Gasteiger partial charge in [0.05, 0.1) is 19.9 Å². The van der Waals surface area contributed by atoms with E-state index in [1.807, 2.05) is 36.4 Å². The molecule has 0 atom stereocenters. The van der Waals surface area contributed by atoms with E-state index in [2.05, 4.69) is 0 Å². The second-order valence-electron chi connectivity index (χ2n) is 5.19. The Labute approximate surface area is 155 Å². The van der Waals surface area contributed by atoms with Gasteiger partial charge >= 0.3 is 15.2 Å². The van der Waals surface area contributed by atoms with E-state index in [0.717, 1.165) is 0 Å². The average Bonchev–Trinajstić information content (AvgIpc) is 2.56. The minimum atomic E-state index is -3.14. The van der Waals surface area contributed by atoms with Crippen molar-refractivity contribution < 1.29 is 27.2 Å². The molecular weight excluding hydrogens is 374 g/mol. The first-order chi connectivity index (χ1) is 12.3. The maximum absolute atomic E-state index is 12.1. The zero-order valence-electron chi connectivity index (χ0n) is 15.5. The topological polar surface area (TPSA) is 71.1 Å². The lowest BCUT2D eigenvalue weighted by atomic mass is 10.3. The van der Waals surface area contributed by atoms with Gasteiger partial charge in [-0.3, -0.25) is 4.57 Å². The Balaban J connectivity index is 0.000000321. The van der Waals surface area contributed by atoms with Crippen molar-refractivity contribution in [1.82, 2.24) is 0 Å². The molecule has 0 bridgehead atoms. The molecule has 0 aromatic heterocycles. The first-order valence-electron chi connectivity index (χ1n) is 8.21. The van der Waals surface area contributed by atoms with Gasteiger partial charge < -0.3 is 18.1 Å². The molecule has 0 N–H and O–H groups in total. The lowest BCUT2D eigenvalue weighted by Gasteiger charge is -2.15. The number of rotatable bonds is 8. The van der Waals surface area contributed by atoms with Crippen LogP contribution in [-0.4, -0.2) is 26.5 Å². The van der Waals surface area contributed by atoms with Gasteiger partial charge in [0.2, 0.25) is 0 Å². The van der Waals surface area contributed by atoms with E-state index in [-0.39, 0.29) is 0 Å². The Morgan fingerprint density at radius 3 is 1.31 bits per heavy atom. The lowest BCUT2D eigenvalue weighted by Crippen LogP contribution is -1.98. The third-order valence-corrected chi connectivity index (χ3v) is 5.30. The number of benzene rings is 2. The molecule has 0 saturated carbocycles. The Morgan fingerprint density at radius 1 is 0.654 bits per heavy atom. The summed E-state index contributed by atoms with van der Waals surface area (Å²) in [5, 5.41) is 0. The quantitative estimate of drug-likeness (QED) is 0.518. The number of hydrogen-bond donors (Lipinski definition) is 0. The third-order valence-electron chi connectivity index (χ3n) is 2.76. The smallest absolute Gasteiger partial charge is 0.416 e. The molecule has 2 rings (SSSR count). The van der Waals surface area contributed by atoms with Gasteiger partial charge in [0.15, 0.2) is 0 Å². The molecule has 0 radical (unpaired) electrons. The molecule has 0 aliphatic rings. The summed E-state index contributed by atoms with van der Waals surface area (Å²) in [4.78, 5) is 0. The van der Waals surface area contributed by atoms with Gasteiger partial charge in [0, 0.05) is 6.66 Å². The summed E-state index contributed by atoms with van der Waals surface area (Å²) in [5.41, 5.74) is 0. The highest BCUT2D eigenvalue weighted by Crippen LogP contribution is 2.44. The van der Waals surface area contributed by atoms with Gasteiger partial charge in [-0.2, -0.15) is 0 Å². The zero-order valence-corrected chi connectivity index (χ0v) is 17.3.